The molecule has 0 saturated heterocycles. The van der Waals surface area contributed by atoms with E-state index in [9.17, 15) is 31.1 Å². The van der Waals surface area contributed by atoms with Crippen molar-refractivity contribution in [3.63, 3.8) is 0 Å². The first kappa shape index (κ1) is 22.5. The lowest BCUT2D eigenvalue weighted by Crippen LogP contribution is -2.25. The summed E-state index contributed by atoms with van der Waals surface area (Å²) in [4.78, 5) is 16.2. The van der Waals surface area contributed by atoms with Crippen LogP contribution in [0.25, 0.3) is 5.82 Å². The third kappa shape index (κ3) is 5.69. The predicted molar refractivity (Wildman–Crippen MR) is 97.9 cm³/mol. The van der Waals surface area contributed by atoms with Gasteiger partial charge in [-0.3, -0.25) is 9.36 Å². The van der Waals surface area contributed by atoms with Crippen molar-refractivity contribution in [1.82, 2.24) is 14.9 Å². The maximum Gasteiger partial charge on any atom is 0.573 e. The number of hydrogen-bond acceptors (Lipinski definition) is 3. The molecular weight excluding hydrogens is 452 g/mol. The van der Waals surface area contributed by atoms with Crippen molar-refractivity contribution in [1.29, 1.82) is 0 Å². The van der Waals surface area contributed by atoms with Crippen molar-refractivity contribution in [3.8, 4) is 11.6 Å². The summed E-state index contributed by atoms with van der Waals surface area (Å²) in [5.41, 5.74) is -0.698. The Balaban J connectivity index is 1.76. The minimum absolute atomic E-state index is 0.0110. The maximum atomic E-state index is 12.8. The molecule has 0 fully saturated rings. The molecule has 164 valence electrons. The predicted octanol–water partition coefficient (Wildman–Crippen LogP) is 5.37. The average Bonchev–Trinajstić information content (AvgIpc) is 3.14. The van der Waals surface area contributed by atoms with Crippen molar-refractivity contribution in [2.45, 2.75) is 19.1 Å². The van der Waals surface area contributed by atoms with Gasteiger partial charge in [0.15, 0.2) is 5.82 Å². The minimum atomic E-state index is -4.85. The van der Waals surface area contributed by atoms with Crippen LogP contribution in [0, 0.1) is 0 Å². The average molecular weight is 464 g/mol. The fourth-order valence-electron chi connectivity index (χ4n) is 2.64. The maximum absolute atomic E-state index is 12.8. The Bertz CT molecular complexity index is 1090. The van der Waals surface area contributed by atoms with E-state index in [-0.39, 0.29) is 23.1 Å². The van der Waals surface area contributed by atoms with E-state index in [1.807, 2.05) is 0 Å². The number of amides is 1. The van der Waals surface area contributed by atoms with Gasteiger partial charge >= 0.3 is 12.5 Å². The van der Waals surface area contributed by atoms with Crippen molar-refractivity contribution >= 4 is 17.5 Å². The van der Waals surface area contributed by atoms with Crippen LogP contribution in [-0.2, 0) is 12.7 Å². The summed E-state index contributed by atoms with van der Waals surface area (Å²) in [5.74, 6) is -1.18. The van der Waals surface area contributed by atoms with Gasteiger partial charge in [-0.2, -0.15) is 13.2 Å². The lowest BCUT2D eigenvalue weighted by molar-refractivity contribution is -0.274. The highest BCUT2D eigenvalue weighted by Crippen LogP contribution is 2.32. The molecule has 2 heterocycles. The second-order valence-electron chi connectivity index (χ2n) is 6.17. The smallest absolute Gasteiger partial charge is 0.406 e. The largest absolute Gasteiger partial charge is 0.573 e. The summed E-state index contributed by atoms with van der Waals surface area (Å²) in [6.45, 7) is -0.132. The molecule has 0 radical (unpaired) electrons. The summed E-state index contributed by atoms with van der Waals surface area (Å²) in [7, 11) is 0. The minimum Gasteiger partial charge on any atom is -0.406 e. The van der Waals surface area contributed by atoms with Crippen LogP contribution in [0.4, 0.5) is 26.3 Å². The van der Waals surface area contributed by atoms with E-state index < -0.39 is 29.8 Å². The number of ether oxygens (including phenoxy) is 1. The molecule has 0 unspecified atom stereocenters. The fourth-order valence-corrected chi connectivity index (χ4v) is 2.90. The summed E-state index contributed by atoms with van der Waals surface area (Å²) in [6, 6.07) is 8.58. The van der Waals surface area contributed by atoms with E-state index >= 15 is 0 Å². The number of rotatable bonds is 5. The van der Waals surface area contributed by atoms with Crippen LogP contribution < -0.4 is 10.1 Å². The number of halogens is 7. The van der Waals surface area contributed by atoms with Gasteiger partial charge in [0.2, 0.25) is 0 Å². The summed E-state index contributed by atoms with van der Waals surface area (Å²) in [6.07, 6.45) is -7.50. The quantitative estimate of drug-likeness (QED) is 0.517. The lowest BCUT2D eigenvalue weighted by Gasteiger charge is -2.13. The summed E-state index contributed by atoms with van der Waals surface area (Å²) < 4.78 is 80.4. The van der Waals surface area contributed by atoms with Crippen molar-refractivity contribution in [3.05, 3.63) is 76.7 Å². The van der Waals surface area contributed by atoms with Gasteiger partial charge in [-0.1, -0.05) is 23.7 Å². The molecule has 3 rings (SSSR count). The molecule has 0 spiro atoms. The van der Waals surface area contributed by atoms with Crippen LogP contribution in [-0.4, -0.2) is 21.8 Å². The molecule has 1 N–H and O–H groups in total. The van der Waals surface area contributed by atoms with Crippen LogP contribution in [0.5, 0.6) is 5.75 Å². The molecule has 0 saturated carbocycles. The van der Waals surface area contributed by atoms with Crippen molar-refractivity contribution in [2.24, 2.45) is 0 Å². The molecule has 2 aromatic heterocycles. The van der Waals surface area contributed by atoms with E-state index in [2.05, 4.69) is 15.0 Å². The highest BCUT2D eigenvalue weighted by atomic mass is 35.5. The van der Waals surface area contributed by atoms with Gasteiger partial charge in [0.1, 0.15) is 11.4 Å². The number of aromatic nitrogens is 2. The highest BCUT2D eigenvalue weighted by molar-refractivity contribution is 6.32. The number of pyridine rings is 1. The monoisotopic (exact) mass is 463 g/mol. The molecule has 0 aliphatic rings. The topological polar surface area (TPSA) is 56.1 Å². The Hall–Kier alpha value is -3.21. The van der Waals surface area contributed by atoms with Gasteiger partial charge in [0, 0.05) is 18.9 Å². The van der Waals surface area contributed by atoms with E-state index in [0.717, 1.165) is 12.1 Å². The second-order valence-corrected chi connectivity index (χ2v) is 6.58. The molecular formula is C19H12ClF6N3O2. The first-order valence-corrected chi connectivity index (χ1v) is 8.85. The standard InChI is InChI=1S/C19H12ClF6N3O2/c20-14-8-12(18(21,22)23)10-27-16(14)29-6-2-5-15(29)17(30)28-9-11-3-1-4-13(7-11)31-19(24,25)26/h1-8,10H,9H2,(H,28,30). The van der Waals surface area contributed by atoms with Gasteiger partial charge in [0.05, 0.1) is 10.6 Å². The zero-order valence-corrected chi connectivity index (χ0v) is 16.0. The number of nitrogens with zero attached hydrogens (tertiary/aromatic N) is 2. The first-order chi connectivity index (χ1) is 14.4. The Labute approximate surface area is 176 Å². The van der Waals surface area contributed by atoms with Crippen LogP contribution in [0.3, 0.4) is 0 Å². The summed E-state index contributed by atoms with van der Waals surface area (Å²) in [5, 5.41) is 2.19. The molecule has 3 aromatic rings. The van der Waals surface area contributed by atoms with Gasteiger partial charge in [-0.05, 0) is 35.9 Å². The number of nitrogens with one attached hydrogen (secondary N) is 1. The van der Waals surface area contributed by atoms with Crippen LogP contribution in [0.15, 0.2) is 54.9 Å². The SMILES string of the molecule is O=C(NCc1cccc(OC(F)(F)F)c1)c1cccn1-c1ncc(C(F)(F)F)cc1Cl. The molecule has 0 atom stereocenters. The molecule has 12 heteroatoms. The molecule has 1 amide bonds. The highest BCUT2D eigenvalue weighted by Gasteiger charge is 2.32. The molecule has 0 aliphatic carbocycles. The normalized spacial score (nSPS) is 12.0. The Kier molecular flexibility index (Phi) is 6.16. The fraction of sp³-hybridized carbons (Fsp3) is 0.158. The van der Waals surface area contributed by atoms with Gasteiger partial charge in [-0.25, -0.2) is 4.98 Å². The Morgan fingerprint density at radius 3 is 2.48 bits per heavy atom. The number of hydrogen-bond donors (Lipinski definition) is 1. The van der Waals surface area contributed by atoms with Gasteiger partial charge in [0.25, 0.3) is 5.91 Å². The zero-order chi connectivity index (χ0) is 22.8. The molecule has 5 nitrogen and oxygen atoms in total. The Morgan fingerprint density at radius 2 is 1.84 bits per heavy atom. The van der Waals surface area contributed by atoms with E-state index in [1.54, 1.807) is 0 Å². The zero-order valence-electron chi connectivity index (χ0n) is 15.3. The van der Waals surface area contributed by atoms with Crippen LogP contribution in [0.1, 0.15) is 21.6 Å². The molecule has 0 bridgehead atoms. The van der Waals surface area contributed by atoms with Gasteiger partial charge in [-0.15, -0.1) is 13.2 Å². The van der Waals surface area contributed by atoms with Crippen LogP contribution >= 0.6 is 11.6 Å². The lowest BCUT2D eigenvalue weighted by atomic mass is 10.2. The first-order valence-electron chi connectivity index (χ1n) is 8.47. The molecule has 31 heavy (non-hydrogen) atoms. The van der Waals surface area contributed by atoms with Crippen molar-refractivity contribution < 1.29 is 35.9 Å². The van der Waals surface area contributed by atoms with E-state index in [0.29, 0.717) is 17.8 Å². The summed E-state index contributed by atoms with van der Waals surface area (Å²) >= 11 is 5.93. The second kappa shape index (κ2) is 8.50. The van der Waals surface area contributed by atoms with Crippen molar-refractivity contribution in [2.75, 3.05) is 0 Å². The van der Waals surface area contributed by atoms with E-state index in [4.69, 9.17) is 11.6 Å². The molecule has 1 aromatic carbocycles. The van der Waals surface area contributed by atoms with E-state index in [1.165, 1.54) is 35.0 Å². The molecule has 0 aliphatic heterocycles. The number of alkyl halides is 6. The number of carbonyl (C=O) groups is 1. The van der Waals surface area contributed by atoms with Gasteiger partial charge < -0.3 is 10.1 Å². The third-order valence-corrected chi connectivity index (χ3v) is 4.22. The Morgan fingerprint density at radius 1 is 1.10 bits per heavy atom. The number of carbonyl (C=O) groups excluding carboxylic acids is 1. The number of benzene rings is 1. The third-order valence-electron chi connectivity index (χ3n) is 3.94. The van der Waals surface area contributed by atoms with Crippen LogP contribution in [0.2, 0.25) is 5.02 Å².